The molecule has 0 bridgehead atoms. The van der Waals surface area contributed by atoms with Crippen molar-refractivity contribution in [3.8, 4) is 0 Å². The lowest BCUT2D eigenvalue weighted by molar-refractivity contribution is -0.0414. The highest BCUT2D eigenvalue weighted by atomic mass is 16.5. The number of ether oxygens (including phenoxy) is 1. The van der Waals surface area contributed by atoms with E-state index in [1.165, 1.54) is 51.7 Å². The van der Waals surface area contributed by atoms with Gasteiger partial charge in [0.05, 0.1) is 6.10 Å². The summed E-state index contributed by atoms with van der Waals surface area (Å²) in [5.41, 5.74) is 0. The molecule has 1 saturated heterocycles. The van der Waals surface area contributed by atoms with Gasteiger partial charge in [-0.3, -0.25) is 0 Å². The van der Waals surface area contributed by atoms with Gasteiger partial charge in [0.1, 0.15) is 0 Å². The highest BCUT2D eigenvalue weighted by Crippen LogP contribution is 2.26. The third-order valence-electron chi connectivity index (χ3n) is 4.48. The number of nitrogens with one attached hydrogen (secondary N) is 1. The fourth-order valence-electron chi connectivity index (χ4n) is 3.27. The van der Waals surface area contributed by atoms with E-state index in [0.29, 0.717) is 18.2 Å². The van der Waals surface area contributed by atoms with E-state index in [-0.39, 0.29) is 0 Å². The van der Waals surface area contributed by atoms with E-state index in [1.807, 2.05) is 0 Å². The zero-order chi connectivity index (χ0) is 13.7. The smallest absolute Gasteiger partial charge is 0.0605 e. The van der Waals surface area contributed by atoms with E-state index in [4.69, 9.17) is 4.74 Å². The summed E-state index contributed by atoms with van der Waals surface area (Å²) >= 11 is 0. The maximum atomic E-state index is 6.07. The summed E-state index contributed by atoms with van der Waals surface area (Å²) in [6.45, 7) is 11.6. The van der Waals surface area contributed by atoms with Crippen molar-refractivity contribution in [3.63, 3.8) is 0 Å². The first-order valence-corrected chi connectivity index (χ1v) is 8.27. The molecule has 0 aromatic rings. The van der Waals surface area contributed by atoms with Crippen LogP contribution < -0.4 is 5.32 Å². The topological polar surface area (TPSA) is 24.5 Å². The lowest BCUT2D eigenvalue weighted by atomic mass is 9.88. The average molecular weight is 268 g/mol. The quantitative estimate of drug-likeness (QED) is 0.768. The standard InChI is InChI=1S/C16H32N2O/c1-4-7-18-8-5-14(6-9-18)12-19-16-10-15(11-16)17-13(2)3/h13-17H,4-12H2,1-3H3. The van der Waals surface area contributed by atoms with Crippen molar-refractivity contribution in [2.45, 2.75) is 71.1 Å². The van der Waals surface area contributed by atoms with Gasteiger partial charge in [0, 0.05) is 18.7 Å². The number of likely N-dealkylation sites (tertiary alicyclic amines) is 1. The molecule has 0 aromatic heterocycles. The molecule has 19 heavy (non-hydrogen) atoms. The fourth-order valence-corrected chi connectivity index (χ4v) is 3.27. The van der Waals surface area contributed by atoms with Crippen LogP contribution >= 0.6 is 0 Å². The molecule has 2 rings (SSSR count). The van der Waals surface area contributed by atoms with Gasteiger partial charge >= 0.3 is 0 Å². The predicted molar refractivity (Wildman–Crippen MR) is 80.5 cm³/mol. The lowest BCUT2D eigenvalue weighted by Crippen LogP contribution is -2.48. The molecule has 0 spiro atoms. The Labute approximate surface area is 119 Å². The minimum absolute atomic E-state index is 0.532. The Hall–Kier alpha value is -0.120. The highest BCUT2D eigenvalue weighted by molar-refractivity contribution is 4.87. The van der Waals surface area contributed by atoms with Crippen LogP contribution in [0.25, 0.3) is 0 Å². The lowest BCUT2D eigenvalue weighted by Gasteiger charge is -2.38. The Morgan fingerprint density at radius 2 is 1.89 bits per heavy atom. The molecule has 1 N–H and O–H groups in total. The van der Waals surface area contributed by atoms with Crippen LogP contribution in [0, 0.1) is 5.92 Å². The zero-order valence-corrected chi connectivity index (χ0v) is 13.0. The average Bonchev–Trinajstić information content (AvgIpc) is 2.34. The number of hydrogen-bond acceptors (Lipinski definition) is 3. The monoisotopic (exact) mass is 268 g/mol. The molecule has 0 atom stereocenters. The summed E-state index contributed by atoms with van der Waals surface area (Å²) in [4.78, 5) is 2.60. The summed E-state index contributed by atoms with van der Waals surface area (Å²) in [5.74, 6) is 0.810. The van der Waals surface area contributed by atoms with Gasteiger partial charge in [0.2, 0.25) is 0 Å². The van der Waals surface area contributed by atoms with E-state index < -0.39 is 0 Å². The van der Waals surface area contributed by atoms with Gasteiger partial charge in [-0.25, -0.2) is 0 Å². The highest BCUT2D eigenvalue weighted by Gasteiger charge is 2.30. The van der Waals surface area contributed by atoms with Crippen molar-refractivity contribution in [2.75, 3.05) is 26.2 Å². The molecule has 1 aliphatic heterocycles. The molecule has 0 aromatic carbocycles. The number of rotatable bonds is 7. The Bertz CT molecular complexity index is 243. The Morgan fingerprint density at radius 1 is 1.21 bits per heavy atom. The second-order valence-corrected chi connectivity index (χ2v) is 6.73. The van der Waals surface area contributed by atoms with Crippen LogP contribution in [-0.2, 0) is 4.74 Å². The van der Waals surface area contributed by atoms with E-state index in [0.717, 1.165) is 12.5 Å². The van der Waals surface area contributed by atoms with Gasteiger partial charge in [-0.1, -0.05) is 20.8 Å². The van der Waals surface area contributed by atoms with E-state index in [2.05, 4.69) is 31.0 Å². The van der Waals surface area contributed by atoms with Crippen LogP contribution in [0.1, 0.15) is 52.9 Å². The Kier molecular flexibility index (Phi) is 6.11. The molecule has 1 saturated carbocycles. The number of nitrogens with zero attached hydrogens (tertiary/aromatic N) is 1. The van der Waals surface area contributed by atoms with Crippen LogP contribution in [0.3, 0.4) is 0 Å². The molecule has 0 radical (unpaired) electrons. The van der Waals surface area contributed by atoms with Crippen molar-refractivity contribution < 1.29 is 4.74 Å². The third kappa shape index (κ3) is 5.05. The van der Waals surface area contributed by atoms with Crippen molar-refractivity contribution >= 4 is 0 Å². The van der Waals surface area contributed by atoms with Gasteiger partial charge in [0.25, 0.3) is 0 Å². The number of piperidine rings is 1. The molecule has 2 aliphatic rings. The molecule has 112 valence electrons. The first-order valence-electron chi connectivity index (χ1n) is 8.27. The summed E-state index contributed by atoms with van der Waals surface area (Å²) in [7, 11) is 0. The predicted octanol–water partition coefficient (Wildman–Crippen LogP) is 2.65. The summed E-state index contributed by atoms with van der Waals surface area (Å²) in [6, 6.07) is 1.31. The van der Waals surface area contributed by atoms with Crippen LogP contribution in [-0.4, -0.2) is 49.3 Å². The van der Waals surface area contributed by atoms with E-state index in [9.17, 15) is 0 Å². The molecule has 3 nitrogen and oxygen atoms in total. The second kappa shape index (κ2) is 7.61. The van der Waals surface area contributed by atoms with Crippen molar-refractivity contribution in [1.82, 2.24) is 10.2 Å². The second-order valence-electron chi connectivity index (χ2n) is 6.73. The van der Waals surface area contributed by atoms with E-state index >= 15 is 0 Å². The SMILES string of the molecule is CCCN1CCC(COC2CC(NC(C)C)C2)CC1. The van der Waals surface area contributed by atoms with Crippen LogP contribution in [0.15, 0.2) is 0 Å². The zero-order valence-electron chi connectivity index (χ0n) is 13.0. The third-order valence-corrected chi connectivity index (χ3v) is 4.48. The molecule has 3 heteroatoms. The van der Waals surface area contributed by atoms with Crippen molar-refractivity contribution in [1.29, 1.82) is 0 Å². The van der Waals surface area contributed by atoms with E-state index in [1.54, 1.807) is 0 Å². The van der Waals surface area contributed by atoms with Crippen LogP contribution in [0.4, 0.5) is 0 Å². The molecular formula is C16H32N2O. The van der Waals surface area contributed by atoms with Gasteiger partial charge in [0.15, 0.2) is 0 Å². The first kappa shape index (κ1) is 15.3. The molecule has 1 aliphatic carbocycles. The van der Waals surface area contributed by atoms with Crippen molar-refractivity contribution in [3.05, 3.63) is 0 Å². The van der Waals surface area contributed by atoms with Crippen LogP contribution in [0.2, 0.25) is 0 Å². The van der Waals surface area contributed by atoms with Gasteiger partial charge in [-0.15, -0.1) is 0 Å². The Balaban J connectivity index is 1.51. The minimum Gasteiger partial charge on any atom is -0.378 e. The minimum atomic E-state index is 0.532. The summed E-state index contributed by atoms with van der Waals surface area (Å²) in [5, 5.41) is 3.58. The van der Waals surface area contributed by atoms with Crippen molar-refractivity contribution in [2.24, 2.45) is 5.92 Å². The summed E-state index contributed by atoms with van der Waals surface area (Å²) < 4.78 is 6.07. The maximum Gasteiger partial charge on any atom is 0.0605 e. The molecule has 0 amide bonds. The number of hydrogen-bond donors (Lipinski definition) is 1. The van der Waals surface area contributed by atoms with Crippen LogP contribution in [0.5, 0.6) is 0 Å². The normalized spacial score (nSPS) is 29.7. The maximum absolute atomic E-state index is 6.07. The van der Waals surface area contributed by atoms with Gasteiger partial charge in [-0.2, -0.15) is 0 Å². The van der Waals surface area contributed by atoms with Gasteiger partial charge < -0.3 is 15.0 Å². The first-order chi connectivity index (χ1) is 9.17. The molecule has 0 unspecified atom stereocenters. The Morgan fingerprint density at radius 3 is 2.47 bits per heavy atom. The van der Waals surface area contributed by atoms with Gasteiger partial charge in [-0.05, 0) is 57.7 Å². The fraction of sp³-hybridized carbons (Fsp3) is 1.00. The molecule has 2 fully saturated rings. The molecular weight excluding hydrogens is 236 g/mol. The summed E-state index contributed by atoms with van der Waals surface area (Å²) in [6.07, 6.45) is 6.92. The largest absolute Gasteiger partial charge is 0.378 e. The molecule has 1 heterocycles.